The average Bonchev–Trinajstić information content (AvgIpc) is 3.33. The number of carbonyl (C=O) groups is 1. The summed E-state index contributed by atoms with van der Waals surface area (Å²) in [6.45, 7) is 3.79. The second-order valence-corrected chi connectivity index (χ2v) is 7.21. The van der Waals surface area contributed by atoms with Crippen LogP contribution in [-0.4, -0.2) is 57.9 Å². The molecule has 0 aromatic carbocycles. The molecule has 124 valence electrons. The first-order valence-corrected chi connectivity index (χ1v) is 8.77. The third-order valence-electron chi connectivity index (χ3n) is 5.47. The molecule has 6 nitrogen and oxygen atoms in total. The molecule has 1 aromatic rings. The molecule has 6 heteroatoms. The van der Waals surface area contributed by atoms with E-state index in [0.717, 1.165) is 50.8 Å². The Balaban J connectivity index is 1.42. The molecule has 1 aromatic heterocycles. The van der Waals surface area contributed by atoms with E-state index in [1.807, 2.05) is 4.90 Å². The number of piperidine rings is 1. The Bertz CT molecular complexity index is 561. The van der Waals surface area contributed by atoms with Crippen molar-refractivity contribution < 1.29 is 4.79 Å². The summed E-state index contributed by atoms with van der Waals surface area (Å²) in [7, 11) is 0. The number of hydrogen-bond donors (Lipinski definition) is 1. The first-order chi connectivity index (χ1) is 11.2. The highest BCUT2D eigenvalue weighted by atomic mass is 16.2. The minimum atomic E-state index is -0.0750. The van der Waals surface area contributed by atoms with Gasteiger partial charge in [-0.15, -0.1) is 0 Å². The van der Waals surface area contributed by atoms with Crippen LogP contribution in [0.2, 0.25) is 0 Å². The van der Waals surface area contributed by atoms with Crippen LogP contribution in [0.1, 0.15) is 37.5 Å². The molecule has 0 unspecified atom stereocenters. The average molecular weight is 315 g/mol. The first kappa shape index (κ1) is 15.0. The number of aromatic nitrogens is 2. The molecule has 23 heavy (non-hydrogen) atoms. The van der Waals surface area contributed by atoms with Crippen LogP contribution in [0.25, 0.3) is 0 Å². The fourth-order valence-electron chi connectivity index (χ4n) is 3.75. The zero-order chi connectivity index (χ0) is 15.8. The predicted octanol–water partition coefficient (Wildman–Crippen LogP) is 0.809. The fraction of sp³-hybridized carbons (Fsp3) is 0.706. The van der Waals surface area contributed by atoms with Crippen molar-refractivity contribution in [2.24, 2.45) is 17.6 Å². The largest absolute Gasteiger partial charge is 0.332 e. The van der Waals surface area contributed by atoms with Gasteiger partial charge >= 0.3 is 0 Å². The number of amides is 1. The van der Waals surface area contributed by atoms with Gasteiger partial charge in [-0.2, -0.15) is 0 Å². The Labute approximate surface area is 137 Å². The molecule has 2 aliphatic heterocycles. The maximum atomic E-state index is 13.0. The summed E-state index contributed by atoms with van der Waals surface area (Å²) in [5.74, 6) is 1.73. The van der Waals surface area contributed by atoms with Crippen LogP contribution in [0, 0.1) is 11.8 Å². The van der Waals surface area contributed by atoms with E-state index in [-0.39, 0.29) is 23.9 Å². The Hall–Kier alpha value is -1.53. The lowest BCUT2D eigenvalue weighted by atomic mass is 9.88. The zero-order valence-corrected chi connectivity index (χ0v) is 13.5. The minimum Gasteiger partial charge on any atom is -0.332 e. The zero-order valence-electron chi connectivity index (χ0n) is 13.5. The van der Waals surface area contributed by atoms with Crippen molar-refractivity contribution in [1.82, 2.24) is 19.8 Å². The summed E-state index contributed by atoms with van der Waals surface area (Å²) < 4.78 is 0. The number of carbonyl (C=O) groups excluding carboxylic acids is 1. The summed E-state index contributed by atoms with van der Waals surface area (Å²) in [5.41, 5.74) is 6.28. The van der Waals surface area contributed by atoms with E-state index in [9.17, 15) is 4.79 Å². The van der Waals surface area contributed by atoms with Gasteiger partial charge in [-0.05, 0) is 44.2 Å². The molecule has 0 bridgehead atoms. The summed E-state index contributed by atoms with van der Waals surface area (Å²) in [6.07, 6.45) is 8.05. The minimum absolute atomic E-state index is 0.0177. The Morgan fingerprint density at radius 1 is 1.17 bits per heavy atom. The van der Waals surface area contributed by atoms with Crippen molar-refractivity contribution >= 4 is 5.91 Å². The third-order valence-corrected chi connectivity index (χ3v) is 5.47. The number of nitrogens with zero attached hydrogens (tertiary/aromatic N) is 4. The highest BCUT2D eigenvalue weighted by molar-refractivity contribution is 5.81. The van der Waals surface area contributed by atoms with Gasteiger partial charge < -0.3 is 15.5 Å². The van der Waals surface area contributed by atoms with Crippen LogP contribution < -0.4 is 5.73 Å². The van der Waals surface area contributed by atoms with Gasteiger partial charge in [-0.3, -0.25) is 4.79 Å². The lowest BCUT2D eigenvalue weighted by Crippen LogP contribution is -2.57. The topological polar surface area (TPSA) is 75.3 Å². The van der Waals surface area contributed by atoms with E-state index in [1.54, 1.807) is 18.5 Å². The monoisotopic (exact) mass is 315 g/mol. The molecule has 2 saturated heterocycles. The van der Waals surface area contributed by atoms with Crippen molar-refractivity contribution in [2.75, 3.05) is 26.2 Å². The van der Waals surface area contributed by atoms with E-state index in [2.05, 4.69) is 14.9 Å². The van der Waals surface area contributed by atoms with Gasteiger partial charge in [0.25, 0.3) is 0 Å². The van der Waals surface area contributed by atoms with Gasteiger partial charge in [-0.25, -0.2) is 9.97 Å². The third kappa shape index (κ3) is 3.10. The predicted molar refractivity (Wildman–Crippen MR) is 86.3 cm³/mol. The maximum absolute atomic E-state index is 13.0. The van der Waals surface area contributed by atoms with Crippen molar-refractivity contribution in [2.45, 2.75) is 37.8 Å². The second kappa shape index (κ2) is 6.17. The molecule has 0 spiro atoms. The van der Waals surface area contributed by atoms with Crippen molar-refractivity contribution in [3.05, 3.63) is 24.3 Å². The molecule has 0 radical (unpaired) electrons. The molecule has 3 heterocycles. The highest BCUT2D eigenvalue weighted by Crippen LogP contribution is 2.35. The first-order valence-electron chi connectivity index (χ1n) is 8.77. The van der Waals surface area contributed by atoms with Crippen LogP contribution >= 0.6 is 0 Å². The molecular formula is C17H25N5O. The van der Waals surface area contributed by atoms with Crippen LogP contribution in [0.15, 0.2) is 18.5 Å². The van der Waals surface area contributed by atoms with Crippen molar-refractivity contribution in [3.63, 3.8) is 0 Å². The van der Waals surface area contributed by atoms with Gasteiger partial charge in [0, 0.05) is 38.1 Å². The highest BCUT2D eigenvalue weighted by Gasteiger charge is 2.42. The summed E-state index contributed by atoms with van der Waals surface area (Å²) in [6, 6.07) is 1.83. The fourth-order valence-corrected chi connectivity index (χ4v) is 3.75. The Kier molecular flexibility index (Phi) is 4.03. The van der Waals surface area contributed by atoms with Crippen LogP contribution in [0.5, 0.6) is 0 Å². The van der Waals surface area contributed by atoms with Crippen LogP contribution in [-0.2, 0) is 4.79 Å². The van der Waals surface area contributed by atoms with E-state index in [1.165, 1.54) is 12.8 Å². The van der Waals surface area contributed by atoms with Gasteiger partial charge in [-0.1, -0.05) is 0 Å². The molecule has 3 aliphatic rings. The maximum Gasteiger partial charge on any atom is 0.229 e. The van der Waals surface area contributed by atoms with Crippen LogP contribution in [0.4, 0.5) is 0 Å². The molecule has 3 fully saturated rings. The normalized spacial score (nSPS) is 31.7. The summed E-state index contributed by atoms with van der Waals surface area (Å²) in [5, 5.41) is 0. The lowest BCUT2D eigenvalue weighted by Gasteiger charge is -2.45. The number of rotatable bonds is 4. The number of hydrogen-bond acceptors (Lipinski definition) is 5. The van der Waals surface area contributed by atoms with E-state index >= 15 is 0 Å². The van der Waals surface area contributed by atoms with Crippen molar-refractivity contribution in [1.29, 1.82) is 0 Å². The van der Waals surface area contributed by atoms with Gasteiger partial charge in [0.05, 0.1) is 12.0 Å². The van der Waals surface area contributed by atoms with E-state index in [0.29, 0.717) is 0 Å². The molecule has 1 aliphatic carbocycles. The summed E-state index contributed by atoms with van der Waals surface area (Å²) >= 11 is 0. The Morgan fingerprint density at radius 3 is 2.61 bits per heavy atom. The molecule has 3 atom stereocenters. The van der Waals surface area contributed by atoms with Gasteiger partial charge in [0.1, 0.15) is 0 Å². The SMILES string of the molecule is N[C@H]1CCN(CC2CC2)C[C@@H]1C(=O)N1CC[C@@H]1c1ncccn1. The molecule has 1 amide bonds. The smallest absolute Gasteiger partial charge is 0.229 e. The van der Waals surface area contributed by atoms with E-state index < -0.39 is 0 Å². The van der Waals surface area contributed by atoms with Gasteiger partial charge in [0.2, 0.25) is 5.91 Å². The van der Waals surface area contributed by atoms with Crippen molar-refractivity contribution in [3.8, 4) is 0 Å². The standard InChI is InChI=1S/C17H25N5O/c18-14-4-8-21(10-12-2-3-12)11-13(14)17(23)22-9-5-15(22)16-19-6-1-7-20-16/h1,6-7,12-15H,2-5,8-11,18H2/t13-,14-,15+/m0/s1. The van der Waals surface area contributed by atoms with E-state index in [4.69, 9.17) is 5.73 Å². The molecule has 1 saturated carbocycles. The molecular weight excluding hydrogens is 290 g/mol. The quantitative estimate of drug-likeness (QED) is 0.890. The van der Waals surface area contributed by atoms with Gasteiger partial charge in [0.15, 0.2) is 5.82 Å². The lowest BCUT2D eigenvalue weighted by molar-refractivity contribution is -0.146. The second-order valence-electron chi connectivity index (χ2n) is 7.21. The number of likely N-dealkylation sites (tertiary alicyclic amines) is 2. The Morgan fingerprint density at radius 2 is 1.96 bits per heavy atom. The molecule has 2 N–H and O–H groups in total. The summed E-state index contributed by atoms with van der Waals surface area (Å²) in [4.78, 5) is 26.0. The number of nitrogens with two attached hydrogens (primary N) is 1. The molecule has 4 rings (SSSR count). The van der Waals surface area contributed by atoms with Crippen LogP contribution in [0.3, 0.4) is 0 Å².